The number of hydrogen-bond acceptors (Lipinski definition) is 4. The molecule has 5 heteroatoms. The Kier molecular flexibility index (Phi) is 7.06. The average molecular weight is 383 g/mol. The highest BCUT2D eigenvalue weighted by Gasteiger charge is 2.20. The largest absolute Gasteiger partial charge is 0.483 e. The number of hydrogen-bond donors (Lipinski definition) is 1. The number of para-hydroxylation sites is 1. The van der Waals surface area contributed by atoms with E-state index < -0.39 is 0 Å². The summed E-state index contributed by atoms with van der Waals surface area (Å²) in [6.07, 6.45) is 0. The maximum atomic E-state index is 12.7. The zero-order chi connectivity index (χ0) is 19.9. The highest BCUT2D eigenvalue weighted by atomic mass is 16.5. The van der Waals surface area contributed by atoms with Crippen molar-refractivity contribution in [2.24, 2.45) is 0 Å². The van der Waals surface area contributed by atoms with Gasteiger partial charge in [-0.05, 0) is 37.5 Å². The van der Waals surface area contributed by atoms with E-state index in [9.17, 15) is 4.79 Å². The Labute approximate surface area is 167 Å². The van der Waals surface area contributed by atoms with E-state index >= 15 is 0 Å². The fourth-order valence-corrected chi connectivity index (χ4v) is 3.48. The second-order valence-corrected chi connectivity index (χ2v) is 7.45. The molecule has 1 fully saturated rings. The Balaban J connectivity index is 1.65. The van der Waals surface area contributed by atoms with Crippen LogP contribution in [0.5, 0.6) is 5.75 Å². The summed E-state index contributed by atoms with van der Waals surface area (Å²) in [6.45, 7) is 10.1. The van der Waals surface area contributed by atoms with Gasteiger partial charge in [-0.2, -0.15) is 0 Å². The first kappa shape index (κ1) is 20.4. The van der Waals surface area contributed by atoms with E-state index in [0.717, 1.165) is 55.3 Å². The molecule has 0 aromatic heterocycles. The van der Waals surface area contributed by atoms with E-state index in [1.165, 1.54) is 5.56 Å². The maximum Gasteiger partial charge on any atom is 0.258 e. The molecule has 0 aliphatic carbocycles. The lowest BCUT2D eigenvalue weighted by Crippen LogP contribution is -2.44. The Morgan fingerprint density at radius 3 is 2.36 bits per heavy atom. The van der Waals surface area contributed by atoms with Gasteiger partial charge in [0, 0.05) is 19.6 Å². The molecule has 0 bridgehead atoms. The lowest BCUT2D eigenvalue weighted by atomic mass is 10.0. The molecule has 0 saturated carbocycles. The minimum Gasteiger partial charge on any atom is -0.483 e. The summed E-state index contributed by atoms with van der Waals surface area (Å²) < 4.78 is 11.3. The van der Waals surface area contributed by atoms with E-state index in [1.807, 2.05) is 32.0 Å². The number of nitrogens with zero attached hydrogens (tertiary/aromatic N) is 1. The van der Waals surface area contributed by atoms with Crippen molar-refractivity contribution in [1.82, 2.24) is 10.2 Å². The number of carbonyl (C=O) groups is 1. The van der Waals surface area contributed by atoms with Crippen LogP contribution in [0.4, 0.5) is 0 Å². The number of amides is 1. The highest BCUT2D eigenvalue weighted by molar-refractivity contribution is 5.78. The first-order chi connectivity index (χ1) is 13.5. The topological polar surface area (TPSA) is 50.8 Å². The summed E-state index contributed by atoms with van der Waals surface area (Å²) in [7, 11) is 0. The summed E-state index contributed by atoms with van der Waals surface area (Å²) in [4.78, 5) is 15.0. The predicted molar refractivity (Wildman–Crippen MR) is 111 cm³/mol. The summed E-state index contributed by atoms with van der Waals surface area (Å²) in [5.41, 5.74) is 4.39. The van der Waals surface area contributed by atoms with Gasteiger partial charge in [-0.25, -0.2) is 0 Å². The van der Waals surface area contributed by atoms with Gasteiger partial charge in [-0.15, -0.1) is 0 Å². The van der Waals surface area contributed by atoms with Crippen molar-refractivity contribution in [1.29, 1.82) is 0 Å². The molecule has 1 N–H and O–H groups in total. The standard InChI is InChI=1S/C23H30N2O3/c1-17-7-9-20(10-8-17)21(15-25-11-13-27-14-12-25)24-22(26)16-28-23-18(2)5-4-6-19(23)3/h4-10,21H,11-16H2,1-3H3,(H,24,26)/t21-/m0/s1. The van der Waals surface area contributed by atoms with Gasteiger partial charge in [0.1, 0.15) is 5.75 Å². The molecule has 3 rings (SSSR count). The lowest BCUT2D eigenvalue weighted by molar-refractivity contribution is -0.124. The third kappa shape index (κ3) is 5.57. The van der Waals surface area contributed by atoms with Gasteiger partial charge in [0.2, 0.25) is 0 Å². The van der Waals surface area contributed by atoms with Crippen molar-refractivity contribution in [2.75, 3.05) is 39.5 Å². The van der Waals surface area contributed by atoms with Crippen molar-refractivity contribution < 1.29 is 14.3 Å². The average Bonchev–Trinajstić information content (AvgIpc) is 2.68. The molecular weight excluding hydrogens is 352 g/mol. The first-order valence-electron chi connectivity index (χ1n) is 9.88. The van der Waals surface area contributed by atoms with Crippen LogP contribution in [0.2, 0.25) is 0 Å². The predicted octanol–water partition coefficient (Wildman–Crippen LogP) is 3.18. The smallest absolute Gasteiger partial charge is 0.258 e. The minimum absolute atomic E-state index is 0.0111. The Hall–Kier alpha value is -2.37. The molecule has 1 aliphatic rings. The summed E-state index contributed by atoms with van der Waals surface area (Å²) in [5, 5.41) is 3.16. The summed E-state index contributed by atoms with van der Waals surface area (Å²) >= 11 is 0. The molecule has 1 atom stereocenters. The quantitative estimate of drug-likeness (QED) is 0.799. The molecule has 1 saturated heterocycles. The SMILES string of the molecule is Cc1ccc([C@H](CN2CCOCC2)NC(=O)COc2c(C)cccc2C)cc1. The van der Waals surface area contributed by atoms with Crippen LogP contribution in [-0.2, 0) is 9.53 Å². The van der Waals surface area contributed by atoms with Gasteiger partial charge in [-0.3, -0.25) is 9.69 Å². The molecule has 1 amide bonds. The lowest BCUT2D eigenvalue weighted by Gasteiger charge is -2.31. The maximum absolute atomic E-state index is 12.7. The third-order valence-corrected chi connectivity index (χ3v) is 5.12. The minimum atomic E-state index is -0.110. The number of carbonyl (C=O) groups excluding carboxylic acids is 1. The molecule has 0 unspecified atom stereocenters. The molecule has 5 nitrogen and oxygen atoms in total. The zero-order valence-corrected chi connectivity index (χ0v) is 17.0. The Morgan fingerprint density at radius 1 is 1.07 bits per heavy atom. The van der Waals surface area contributed by atoms with E-state index in [4.69, 9.17) is 9.47 Å². The molecule has 1 heterocycles. The van der Waals surface area contributed by atoms with Gasteiger partial charge in [-0.1, -0.05) is 48.0 Å². The molecule has 0 spiro atoms. The zero-order valence-electron chi connectivity index (χ0n) is 17.0. The molecular formula is C23H30N2O3. The van der Waals surface area contributed by atoms with Crippen LogP contribution >= 0.6 is 0 Å². The van der Waals surface area contributed by atoms with Crippen molar-refractivity contribution in [3.05, 3.63) is 64.7 Å². The molecule has 2 aromatic carbocycles. The van der Waals surface area contributed by atoms with Crippen molar-refractivity contribution in [3.8, 4) is 5.75 Å². The second-order valence-electron chi connectivity index (χ2n) is 7.45. The molecule has 28 heavy (non-hydrogen) atoms. The van der Waals surface area contributed by atoms with Crippen LogP contribution < -0.4 is 10.1 Å². The number of aryl methyl sites for hydroxylation is 3. The van der Waals surface area contributed by atoms with E-state index in [1.54, 1.807) is 0 Å². The Morgan fingerprint density at radius 2 is 1.71 bits per heavy atom. The van der Waals surface area contributed by atoms with E-state index in [-0.39, 0.29) is 18.6 Å². The first-order valence-corrected chi connectivity index (χ1v) is 9.88. The normalized spacial score (nSPS) is 15.8. The van der Waals surface area contributed by atoms with Gasteiger partial charge in [0.05, 0.1) is 19.3 Å². The highest BCUT2D eigenvalue weighted by Crippen LogP contribution is 2.22. The monoisotopic (exact) mass is 382 g/mol. The van der Waals surface area contributed by atoms with Crippen LogP contribution in [0.3, 0.4) is 0 Å². The van der Waals surface area contributed by atoms with Crippen LogP contribution in [0.15, 0.2) is 42.5 Å². The van der Waals surface area contributed by atoms with Gasteiger partial charge >= 0.3 is 0 Å². The van der Waals surface area contributed by atoms with Crippen molar-refractivity contribution in [3.63, 3.8) is 0 Å². The van der Waals surface area contributed by atoms with Gasteiger partial charge < -0.3 is 14.8 Å². The van der Waals surface area contributed by atoms with Gasteiger partial charge in [0.25, 0.3) is 5.91 Å². The van der Waals surface area contributed by atoms with Crippen LogP contribution in [-0.4, -0.2) is 50.3 Å². The van der Waals surface area contributed by atoms with Gasteiger partial charge in [0.15, 0.2) is 6.61 Å². The summed E-state index contributed by atoms with van der Waals surface area (Å²) in [6, 6.07) is 14.3. The van der Waals surface area contributed by atoms with Crippen LogP contribution in [0, 0.1) is 20.8 Å². The molecule has 0 radical (unpaired) electrons. The number of morpholine rings is 1. The van der Waals surface area contributed by atoms with E-state index in [2.05, 4.69) is 41.4 Å². The molecule has 150 valence electrons. The van der Waals surface area contributed by atoms with E-state index in [0.29, 0.717) is 0 Å². The Bertz CT molecular complexity index is 763. The molecule has 2 aromatic rings. The number of benzene rings is 2. The number of rotatable bonds is 7. The fraction of sp³-hybridized carbons (Fsp3) is 0.435. The third-order valence-electron chi connectivity index (χ3n) is 5.12. The summed E-state index contributed by atoms with van der Waals surface area (Å²) in [5.74, 6) is 0.680. The fourth-order valence-electron chi connectivity index (χ4n) is 3.48. The van der Waals surface area contributed by atoms with Crippen molar-refractivity contribution >= 4 is 5.91 Å². The van der Waals surface area contributed by atoms with Crippen LogP contribution in [0.1, 0.15) is 28.3 Å². The van der Waals surface area contributed by atoms with Crippen LogP contribution in [0.25, 0.3) is 0 Å². The second kappa shape index (κ2) is 9.71. The number of nitrogens with one attached hydrogen (secondary N) is 1. The number of ether oxygens (including phenoxy) is 2. The molecule has 1 aliphatic heterocycles. The van der Waals surface area contributed by atoms with Crippen molar-refractivity contribution in [2.45, 2.75) is 26.8 Å².